The summed E-state index contributed by atoms with van der Waals surface area (Å²) in [5.41, 5.74) is 0.164. The van der Waals surface area contributed by atoms with Gasteiger partial charge in [0.15, 0.2) is 0 Å². The number of hydrogen-bond acceptors (Lipinski definition) is 5. The number of phenols is 1. The summed E-state index contributed by atoms with van der Waals surface area (Å²) in [7, 11) is 0. The Morgan fingerprint density at radius 1 is 1.37 bits per heavy atom. The molecule has 0 saturated heterocycles. The second kappa shape index (κ2) is 5.13. The Morgan fingerprint density at radius 2 is 2.16 bits per heavy atom. The molecule has 7 nitrogen and oxygen atoms in total. The van der Waals surface area contributed by atoms with Crippen LogP contribution in [0.25, 0.3) is 0 Å². The zero-order valence-corrected chi connectivity index (χ0v) is 9.61. The number of pyridine rings is 1. The third-order valence-electron chi connectivity index (χ3n) is 2.36. The number of hydrogen-bond donors (Lipinski definition) is 2. The number of carbonyl (C=O) groups excluding carboxylic acids is 1. The standard InChI is InChI=1S/C12H9N3O4/c16-11-6-9(15(18)19)3-4-10(11)14-12(17)8-2-1-5-13-7-8/h1-7,16H,(H,14,17). The minimum Gasteiger partial charge on any atom is -0.506 e. The van der Waals surface area contributed by atoms with Gasteiger partial charge in [0, 0.05) is 18.5 Å². The van der Waals surface area contributed by atoms with Gasteiger partial charge >= 0.3 is 0 Å². The Balaban J connectivity index is 2.20. The van der Waals surface area contributed by atoms with Gasteiger partial charge in [-0.3, -0.25) is 19.9 Å². The third-order valence-corrected chi connectivity index (χ3v) is 2.36. The SMILES string of the molecule is O=C(Nc1ccc([N+](=O)[O-])cc1O)c1cccnc1. The van der Waals surface area contributed by atoms with E-state index in [9.17, 15) is 20.0 Å². The van der Waals surface area contributed by atoms with Crippen LogP contribution in [0.15, 0.2) is 42.7 Å². The predicted molar refractivity (Wildman–Crippen MR) is 67.0 cm³/mol. The fourth-order valence-corrected chi connectivity index (χ4v) is 1.43. The van der Waals surface area contributed by atoms with Crippen molar-refractivity contribution in [2.75, 3.05) is 5.32 Å². The molecule has 1 heterocycles. The van der Waals surface area contributed by atoms with Gasteiger partial charge in [-0.15, -0.1) is 0 Å². The zero-order valence-electron chi connectivity index (χ0n) is 9.61. The van der Waals surface area contributed by atoms with Crippen LogP contribution in [0.3, 0.4) is 0 Å². The molecule has 0 atom stereocenters. The molecule has 0 saturated carbocycles. The van der Waals surface area contributed by atoms with Gasteiger partial charge in [-0.2, -0.15) is 0 Å². The molecule has 2 N–H and O–H groups in total. The maximum atomic E-state index is 11.8. The highest BCUT2D eigenvalue weighted by atomic mass is 16.6. The highest BCUT2D eigenvalue weighted by Crippen LogP contribution is 2.28. The lowest BCUT2D eigenvalue weighted by Crippen LogP contribution is -2.12. The molecule has 1 aromatic carbocycles. The van der Waals surface area contributed by atoms with Crippen molar-refractivity contribution < 1.29 is 14.8 Å². The van der Waals surface area contributed by atoms with Crippen LogP contribution in [0, 0.1) is 10.1 Å². The van der Waals surface area contributed by atoms with Crippen LogP contribution < -0.4 is 5.32 Å². The molecule has 0 aliphatic rings. The molecular weight excluding hydrogens is 250 g/mol. The number of non-ortho nitro benzene ring substituents is 1. The first-order valence-corrected chi connectivity index (χ1v) is 5.26. The Bertz CT molecular complexity index is 628. The smallest absolute Gasteiger partial charge is 0.273 e. The molecule has 0 radical (unpaired) electrons. The van der Waals surface area contributed by atoms with Crippen LogP contribution in [0.1, 0.15) is 10.4 Å². The Hall–Kier alpha value is -2.96. The summed E-state index contributed by atoms with van der Waals surface area (Å²) in [5, 5.41) is 22.5. The van der Waals surface area contributed by atoms with Crippen LogP contribution in [-0.4, -0.2) is 20.9 Å². The number of rotatable bonds is 3. The first-order chi connectivity index (χ1) is 9.08. The fraction of sp³-hybridized carbons (Fsp3) is 0. The summed E-state index contributed by atoms with van der Waals surface area (Å²) in [6.45, 7) is 0. The molecule has 19 heavy (non-hydrogen) atoms. The number of nitrogens with zero attached hydrogens (tertiary/aromatic N) is 2. The highest BCUT2D eigenvalue weighted by molar-refractivity contribution is 6.04. The molecule has 2 rings (SSSR count). The Kier molecular flexibility index (Phi) is 3.37. The van der Waals surface area contributed by atoms with E-state index in [4.69, 9.17) is 0 Å². The molecule has 0 spiro atoms. The van der Waals surface area contributed by atoms with Crippen LogP contribution >= 0.6 is 0 Å². The number of phenolic OH excluding ortho intramolecular Hbond substituents is 1. The number of aromatic nitrogens is 1. The molecule has 0 unspecified atom stereocenters. The quantitative estimate of drug-likeness (QED) is 0.498. The minimum absolute atomic E-state index is 0.0967. The molecule has 0 fully saturated rings. The van der Waals surface area contributed by atoms with Gasteiger partial charge in [-0.25, -0.2) is 0 Å². The first kappa shape index (κ1) is 12.5. The van der Waals surface area contributed by atoms with E-state index < -0.39 is 10.8 Å². The van der Waals surface area contributed by atoms with Crippen LogP contribution in [0.5, 0.6) is 5.75 Å². The Morgan fingerprint density at radius 3 is 2.74 bits per heavy atom. The van der Waals surface area contributed by atoms with Crippen molar-refractivity contribution in [3.63, 3.8) is 0 Å². The van der Waals surface area contributed by atoms with Crippen LogP contribution in [0.2, 0.25) is 0 Å². The van der Waals surface area contributed by atoms with Gasteiger partial charge in [0.25, 0.3) is 11.6 Å². The monoisotopic (exact) mass is 259 g/mol. The lowest BCUT2D eigenvalue weighted by Gasteiger charge is -2.06. The van der Waals surface area contributed by atoms with E-state index in [1.54, 1.807) is 12.1 Å². The molecule has 1 amide bonds. The lowest BCUT2D eigenvalue weighted by molar-refractivity contribution is -0.384. The second-order valence-electron chi connectivity index (χ2n) is 3.65. The van der Waals surface area contributed by atoms with Crippen molar-refractivity contribution >= 4 is 17.3 Å². The van der Waals surface area contributed by atoms with Crippen molar-refractivity contribution in [2.24, 2.45) is 0 Å². The van der Waals surface area contributed by atoms with Gasteiger partial charge in [-0.05, 0) is 18.2 Å². The van der Waals surface area contributed by atoms with Gasteiger partial charge in [0.2, 0.25) is 0 Å². The summed E-state index contributed by atoms with van der Waals surface area (Å²) in [6.07, 6.45) is 2.90. The summed E-state index contributed by atoms with van der Waals surface area (Å²) >= 11 is 0. The van der Waals surface area contributed by atoms with E-state index >= 15 is 0 Å². The minimum atomic E-state index is -0.633. The molecule has 7 heteroatoms. The van der Waals surface area contributed by atoms with Crippen molar-refractivity contribution in [3.05, 3.63) is 58.4 Å². The molecule has 96 valence electrons. The van der Waals surface area contributed by atoms with Crippen molar-refractivity contribution in [1.29, 1.82) is 0 Å². The maximum Gasteiger partial charge on any atom is 0.273 e. The number of carbonyl (C=O) groups is 1. The number of nitrogens with one attached hydrogen (secondary N) is 1. The van der Waals surface area contributed by atoms with Crippen molar-refractivity contribution in [2.45, 2.75) is 0 Å². The van der Waals surface area contributed by atoms with Crippen molar-refractivity contribution in [3.8, 4) is 5.75 Å². The number of nitro benzene ring substituents is 1. The summed E-state index contributed by atoms with van der Waals surface area (Å²) < 4.78 is 0. The Labute approximate surface area is 107 Å². The molecule has 0 bridgehead atoms. The van der Waals surface area contributed by atoms with E-state index in [1.165, 1.54) is 24.5 Å². The van der Waals surface area contributed by atoms with E-state index in [1.807, 2.05) is 0 Å². The van der Waals surface area contributed by atoms with E-state index in [2.05, 4.69) is 10.3 Å². The number of anilines is 1. The zero-order chi connectivity index (χ0) is 13.8. The number of nitro groups is 1. The lowest BCUT2D eigenvalue weighted by atomic mass is 10.2. The summed E-state index contributed by atoms with van der Waals surface area (Å²) in [5.74, 6) is -0.830. The number of amides is 1. The molecule has 2 aromatic rings. The molecule has 0 aliphatic carbocycles. The van der Waals surface area contributed by atoms with Gasteiger partial charge in [0.1, 0.15) is 5.75 Å². The van der Waals surface area contributed by atoms with Gasteiger partial charge in [0.05, 0.1) is 22.2 Å². The van der Waals surface area contributed by atoms with Gasteiger partial charge < -0.3 is 10.4 Å². The highest BCUT2D eigenvalue weighted by Gasteiger charge is 2.13. The average molecular weight is 259 g/mol. The second-order valence-corrected chi connectivity index (χ2v) is 3.65. The number of benzene rings is 1. The van der Waals surface area contributed by atoms with E-state index in [-0.39, 0.29) is 17.1 Å². The first-order valence-electron chi connectivity index (χ1n) is 5.26. The maximum absolute atomic E-state index is 11.8. The van der Waals surface area contributed by atoms with E-state index in [0.717, 1.165) is 6.07 Å². The normalized spacial score (nSPS) is 9.89. The fourth-order valence-electron chi connectivity index (χ4n) is 1.43. The van der Waals surface area contributed by atoms with Crippen molar-refractivity contribution in [1.82, 2.24) is 4.98 Å². The average Bonchev–Trinajstić information content (AvgIpc) is 2.41. The third kappa shape index (κ3) is 2.83. The van der Waals surface area contributed by atoms with Crippen LogP contribution in [-0.2, 0) is 0 Å². The van der Waals surface area contributed by atoms with Gasteiger partial charge in [-0.1, -0.05) is 0 Å². The summed E-state index contributed by atoms with van der Waals surface area (Å²) in [4.78, 5) is 25.5. The molecule has 1 aromatic heterocycles. The molecular formula is C12H9N3O4. The van der Waals surface area contributed by atoms with E-state index in [0.29, 0.717) is 5.56 Å². The largest absolute Gasteiger partial charge is 0.506 e. The number of aromatic hydroxyl groups is 1. The topological polar surface area (TPSA) is 105 Å². The predicted octanol–water partition coefficient (Wildman–Crippen LogP) is 1.95. The molecule has 0 aliphatic heterocycles. The summed E-state index contributed by atoms with van der Waals surface area (Å²) in [6, 6.07) is 6.59. The van der Waals surface area contributed by atoms with Crippen LogP contribution in [0.4, 0.5) is 11.4 Å².